The lowest BCUT2D eigenvalue weighted by Gasteiger charge is -2.07. The number of aryl methyl sites for hydroxylation is 2. The van der Waals surface area contributed by atoms with Crippen LogP contribution in [0.5, 0.6) is 0 Å². The average Bonchev–Trinajstić information content (AvgIpc) is 2.83. The number of benzene rings is 2. The number of hydrogen-bond acceptors (Lipinski definition) is 1. The first-order chi connectivity index (χ1) is 11.1. The molecule has 23 heavy (non-hydrogen) atoms. The predicted octanol–water partition coefficient (Wildman–Crippen LogP) is 4.36. The van der Waals surface area contributed by atoms with Gasteiger partial charge in [-0.1, -0.05) is 19.1 Å². The van der Waals surface area contributed by atoms with Gasteiger partial charge in [0.2, 0.25) is 5.91 Å². The van der Waals surface area contributed by atoms with Gasteiger partial charge in [-0.2, -0.15) is 0 Å². The maximum atomic E-state index is 13.5. The fraction of sp³-hybridized carbons (Fsp3) is 0.211. The molecule has 0 aliphatic heterocycles. The Balaban J connectivity index is 1.82. The van der Waals surface area contributed by atoms with Crippen molar-refractivity contribution in [2.75, 3.05) is 5.32 Å². The summed E-state index contributed by atoms with van der Waals surface area (Å²) in [6, 6.07) is 12.4. The molecule has 118 valence electrons. The van der Waals surface area contributed by atoms with Crippen LogP contribution in [0.2, 0.25) is 0 Å². The van der Waals surface area contributed by atoms with Crippen molar-refractivity contribution in [3.8, 4) is 0 Å². The molecule has 2 N–H and O–H groups in total. The van der Waals surface area contributed by atoms with Gasteiger partial charge >= 0.3 is 0 Å². The zero-order chi connectivity index (χ0) is 16.4. The van der Waals surface area contributed by atoms with Crippen molar-refractivity contribution in [3.63, 3.8) is 0 Å². The summed E-state index contributed by atoms with van der Waals surface area (Å²) in [7, 11) is 0. The van der Waals surface area contributed by atoms with Crippen LogP contribution in [0.4, 0.5) is 10.1 Å². The lowest BCUT2D eigenvalue weighted by molar-refractivity contribution is -0.115. The third-order valence-corrected chi connectivity index (χ3v) is 4.04. The summed E-state index contributed by atoms with van der Waals surface area (Å²) in [5, 5.41) is 3.68. The van der Waals surface area contributed by atoms with E-state index in [0.29, 0.717) is 0 Å². The summed E-state index contributed by atoms with van der Waals surface area (Å²) in [6.07, 6.45) is 1.14. The second kappa shape index (κ2) is 6.24. The fourth-order valence-corrected chi connectivity index (χ4v) is 2.82. The van der Waals surface area contributed by atoms with E-state index in [4.69, 9.17) is 0 Å². The monoisotopic (exact) mass is 310 g/mol. The summed E-state index contributed by atoms with van der Waals surface area (Å²) in [5.74, 6) is -0.402. The molecule has 0 atom stereocenters. The standard InChI is InChI=1S/C19H19FN2O/c1-3-13-5-4-6-15(9-13)22-19(23)11-16-12(2)21-18-8-7-14(20)10-17(16)18/h4-10,21H,3,11H2,1-2H3,(H,22,23). The molecule has 3 nitrogen and oxygen atoms in total. The molecule has 1 aromatic heterocycles. The normalized spacial score (nSPS) is 10.9. The van der Waals surface area contributed by atoms with Crippen molar-refractivity contribution in [2.45, 2.75) is 26.7 Å². The molecule has 0 spiro atoms. The first-order valence-electron chi connectivity index (χ1n) is 7.72. The summed E-state index contributed by atoms with van der Waals surface area (Å²) >= 11 is 0. The molecule has 3 aromatic rings. The van der Waals surface area contributed by atoms with Crippen molar-refractivity contribution in [1.82, 2.24) is 4.98 Å². The third kappa shape index (κ3) is 3.26. The number of nitrogens with one attached hydrogen (secondary N) is 2. The Kier molecular flexibility index (Phi) is 4.15. The second-order valence-electron chi connectivity index (χ2n) is 5.70. The quantitative estimate of drug-likeness (QED) is 0.739. The molecule has 0 bridgehead atoms. The Bertz CT molecular complexity index is 867. The van der Waals surface area contributed by atoms with Crippen LogP contribution < -0.4 is 5.32 Å². The van der Waals surface area contributed by atoms with Gasteiger partial charge in [-0.15, -0.1) is 0 Å². The molecule has 0 radical (unpaired) electrons. The number of rotatable bonds is 4. The van der Waals surface area contributed by atoms with Crippen LogP contribution in [0.25, 0.3) is 10.9 Å². The number of aromatic nitrogens is 1. The minimum Gasteiger partial charge on any atom is -0.358 e. The number of carbonyl (C=O) groups is 1. The zero-order valence-electron chi connectivity index (χ0n) is 13.2. The molecule has 1 amide bonds. The second-order valence-corrected chi connectivity index (χ2v) is 5.70. The van der Waals surface area contributed by atoms with Crippen LogP contribution in [0.3, 0.4) is 0 Å². The SMILES string of the molecule is CCc1cccc(NC(=O)Cc2c(C)[nH]c3ccc(F)cc23)c1. The number of carbonyl (C=O) groups excluding carboxylic acids is 1. The highest BCUT2D eigenvalue weighted by molar-refractivity contribution is 5.96. The van der Waals surface area contributed by atoms with Gasteiger partial charge in [0.1, 0.15) is 5.82 Å². The topological polar surface area (TPSA) is 44.9 Å². The van der Waals surface area contributed by atoms with Crippen molar-refractivity contribution in [2.24, 2.45) is 0 Å². The van der Waals surface area contributed by atoms with Crippen molar-refractivity contribution < 1.29 is 9.18 Å². The number of fused-ring (bicyclic) bond motifs is 1. The van der Waals surface area contributed by atoms with Crippen molar-refractivity contribution in [3.05, 3.63) is 65.1 Å². The smallest absolute Gasteiger partial charge is 0.228 e. The summed E-state index contributed by atoms with van der Waals surface area (Å²) in [5.41, 5.74) is 4.54. The predicted molar refractivity (Wildman–Crippen MR) is 91.1 cm³/mol. The summed E-state index contributed by atoms with van der Waals surface area (Å²) in [4.78, 5) is 15.5. The van der Waals surface area contributed by atoms with Crippen LogP contribution in [0, 0.1) is 12.7 Å². The van der Waals surface area contributed by atoms with Gasteiger partial charge < -0.3 is 10.3 Å². The van der Waals surface area contributed by atoms with Gasteiger partial charge in [-0.3, -0.25) is 4.79 Å². The number of halogens is 1. The first-order valence-corrected chi connectivity index (χ1v) is 7.72. The number of anilines is 1. The highest BCUT2D eigenvalue weighted by Crippen LogP contribution is 2.24. The van der Waals surface area contributed by atoms with Gasteiger partial charge in [0.15, 0.2) is 0 Å². The minimum absolute atomic E-state index is 0.105. The molecule has 0 saturated heterocycles. The molecular weight excluding hydrogens is 291 g/mol. The number of aromatic amines is 1. The van der Waals surface area contributed by atoms with Crippen LogP contribution >= 0.6 is 0 Å². The fourth-order valence-electron chi connectivity index (χ4n) is 2.82. The molecule has 0 saturated carbocycles. The van der Waals surface area contributed by atoms with Crippen LogP contribution in [-0.2, 0) is 17.6 Å². The Labute approximate surface area is 134 Å². The molecular formula is C19H19FN2O. The molecule has 0 aliphatic rings. The van der Waals surface area contributed by atoms with Gasteiger partial charge in [-0.25, -0.2) is 4.39 Å². The average molecular weight is 310 g/mol. The van der Waals surface area contributed by atoms with E-state index in [0.717, 1.165) is 34.3 Å². The van der Waals surface area contributed by atoms with Crippen molar-refractivity contribution >= 4 is 22.5 Å². The number of H-pyrrole nitrogens is 1. The number of hydrogen-bond donors (Lipinski definition) is 2. The maximum Gasteiger partial charge on any atom is 0.228 e. The first kappa shape index (κ1) is 15.3. The zero-order valence-corrected chi connectivity index (χ0v) is 13.2. The Morgan fingerprint density at radius 2 is 2.04 bits per heavy atom. The van der Waals surface area contributed by atoms with Gasteiger partial charge in [0.25, 0.3) is 0 Å². The van der Waals surface area contributed by atoms with E-state index in [1.165, 1.54) is 17.7 Å². The Hall–Kier alpha value is -2.62. The maximum absolute atomic E-state index is 13.5. The third-order valence-electron chi connectivity index (χ3n) is 4.04. The van der Waals surface area contributed by atoms with E-state index >= 15 is 0 Å². The van der Waals surface area contributed by atoms with E-state index in [1.807, 2.05) is 31.2 Å². The number of amides is 1. The molecule has 0 fully saturated rings. The largest absolute Gasteiger partial charge is 0.358 e. The van der Waals surface area contributed by atoms with Crippen molar-refractivity contribution in [1.29, 1.82) is 0 Å². The lowest BCUT2D eigenvalue weighted by Crippen LogP contribution is -2.14. The Morgan fingerprint density at radius 3 is 2.83 bits per heavy atom. The lowest BCUT2D eigenvalue weighted by atomic mass is 10.1. The highest BCUT2D eigenvalue weighted by Gasteiger charge is 2.13. The van der Waals surface area contributed by atoms with E-state index in [9.17, 15) is 9.18 Å². The molecule has 0 aliphatic carbocycles. The minimum atomic E-state index is -0.297. The molecule has 1 heterocycles. The molecule has 3 rings (SSSR count). The van der Waals surface area contributed by atoms with E-state index in [-0.39, 0.29) is 18.1 Å². The van der Waals surface area contributed by atoms with E-state index in [1.54, 1.807) is 6.07 Å². The van der Waals surface area contributed by atoms with Gasteiger partial charge in [0, 0.05) is 22.3 Å². The van der Waals surface area contributed by atoms with E-state index < -0.39 is 0 Å². The molecule has 0 unspecified atom stereocenters. The summed E-state index contributed by atoms with van der Waals surface area (Å²) in [6.45, 7) is 3.98. The van der Waals surface area contributed by atoms with Crippen LogP contribution in [-0.4, -0.2) is 10.9 Å². The van der Waals surface area contributed by atoms with Gasteiger partial charge in [0.05, 0.1) is 6.42 Å². The summed E-state index contributed by atoms with van der Waals surface area (Å²) < 4.78 is 13.5. The molecule has 2 aromatic carbocycles. The molecule has 4 heteroatoms. The van der Waals surface area contributed by atoms with Crippen LogP contribution in [0.1, 0.15) is 23.7 Å². The van der Waals surface area contributed by atoms with Crippen LogP contribution in [0.15, 0.2) is 42.5 Å². The van der Waals surface area contributed by atoms with Gasteiger partial charge in [-0.05, 0) is 54.8 Å². The highest BCUT2D eigenvalue weighted by atomic mass is 19.1. The van der Waals surface area contributed by atoms with E-state index in [2.05, 4.69) is 17.2 Å². The Morgan fingerprint density at radius 1 is 1.22 bits per heavy atom.